The van der Waals surface area contributed by atoms with E-state index in [9.17, 15) is 4.79 Å². The molecule has 6 heteroatoms. The first-order valence-corrected chi connectivity index (χ1v) is 9.38. The van der Waals surface area contributed by atoms with Crippen molar-refractivity contribution in [3.8, 4) is 0 Å². The molecule has 0 fully saturated rings. The zero-order valence-electron chi connectivity index (χ0n) is 16.9. The molecule has 0 spiro atoms. The highest BCUT2D eigenvalue weighted by molar-refractivity contribution is 5.94. The van der Waals surface area contributed by atoms with Crippen LogP contribution >= 0.6 is 0 Å². The minimum Gasteiger partial charge on any atom is -0.356 e. The van der Waals surface area contributed by atoms with Crippen LogP contribution in [0.1, 0.15) is 42.6 Å². The highest BCUT2D eigenvalue weighted by atomic mass is 16.1. The van der Waals surface area contributed by atoms with Gasteiger partial charge in [0.2, 0.25) is 0 Å². The molecule has 1 amide bonds. The Kier molecular flexibility index (Phi) is 10.4. The van der Waals surface area contributed by atoms with Crippen LogP contribution in [-0.4, -0.2) is 57.5 Å². The quantitative estimate of drug-likeness (QED) is 0.339. The Morgan fingerprint density at radius 3 is 2.58 bits per heavy atom. The highest BCUT2D eigenvalue weighted by Gasteiger charge is 2.06. The number of hydrogen-bond acceptors (Lipinski definition) is 3. The van der Waals surface area contributed by atoms with Gasteiger partial charge in [0.15, 0.2) is 5.96 Å². The second-order valence-electron chi connectivity index (χ2n) is 7.15. The number of likely N-dealkylation sites (N-methyl/N-ethyl adjacent to an activating group) is 1. The van der Waals surface area contributed by atoms with Crippen LogP contribution in [0.25, 0.3) is 0 Å². The molecule has 1 aromatic carbocycles. The molecular weight excluding hydrogens is 326 g/mol. The number of aliphatic imine (C=N–C) groups is 1. The van der Waals surface area contributed by atoms with E-state index in [-0.39, 0.29) is 5.91 Å². The maximum Gasteiger partial charge on any atom is 0.251 e. The maximum absolute atomic E-state index is 12.2. The summed E-state index contributed by atoms with van der Waals surface area (Å²) in [6.07, 6.45) is 2.33. The topological polar surface area (TPSA) is 68.8 Å². The molecule has 1 rings (SSSR count). The molecule has 0 saturated carbocycles. The van der Waals surface area contributed by atoms with E-state index >= 15 is 0 Å². The molecule has 0 saturated heterocycles. The minimum absolute atomic E-state index is 0.0371. The van der Waals surface area contributed by atoms with Gasteiger partial charge in [-0.2, -0.15) is 0 Å². The molecule has 1 aromatic rings. The van der Waals surface area contributed by atoms with Crippen LogP contribution in [0.3, 0.4) is 0 Å². The molecule has 146 valence electrons. The first kappa shape index (κ1) is 22.0. The molecule has 0 heterocycles. The molecule has 26 heavy (non-hydrogen) atoms. The second kappa shape index (κ2) is 12.3. The van der Waals surface area contributed by atoms with Crippen LogP contribution in [0.15, 0.2) is 29.3 Å². The number of carbonyl (C=O) groups is 1. The van der Waals surface area contributed by atoms with Crippen LogP contribution in [0.2, 0.25) is 0 Å². The monoisotopic (exact) mass is 361 g/mol. The Labute approximate surface area is 158 Å². The Balaban J connectivity index is 2.45. The van der Waals surface area contributed by atoms with Crippen molar-refractivity contribution in [2.24, 2.45) is 10.9 Å². The van der Waals surface area contributed by atoms with Crippen molar-refractivity contribution in [2.75, 3.05) is 40.8 Å². The summed E-state index contributed by atoms with van der Waals surface area (Å²) in [6.45, 7) is 7.47. The normalized spacial score (nSPS) is 11.7. The van der Waals surface area contributed by atoms with Crippen molar-refractivity contribution >= 4 is 11.9 Å². The summed E-state index contributed by atoms with van der Waals surface area (Å²) < 4.78 is 0. The van der Waals surface area contributed by atoms with Crippen molar-refractivity contribution in [3.63, 3.8) is 0 Å². The molecule has 3 N–H and O–H groups in total. The van der Waals surface area contributed by atoms with Gasteiger partial charge in [-0.3, -0.25) is 9.79 Å². The lowest BCUT2D eigenvalue weighted by Crippen LogP contribution is -2.37. The molecular formula is C20H35N5O. The van der Waals surface area contributed by atoms with Gasteiger partial charge in [-0.15, -0.1) is 0 Å². The zero-order valence-corrected chi connectivity index (χ0v) is 16.9. The van der Waals surface area contributed by atoms with E-state index in [0.717, 1.165) is 37.0 Å². The fourth-order valence-corrected chi connectivity index (χ4v) is 2.44. The molecule has 0 aliphatic heterocycles. The standard InChI is InChI=1S/C20H35N5O/c1-16(2)8-7-11-23-20(21-3)24-15-17-9-6-10-18(14-17)19(26)22-12-13-25(4)5/h6,9-10,14,16H,7-8,11-13,15H2,1-5H3,(H,22,26)(H2,21,23,24). The SMILES string of the molecule is CN=C(NCCCC(C)C)NCc1cccc(C(=O)NCCN(C)C)c1. The lowest BCUT2D eigenvalue weighted by molar-refractivity contribution is 0.0951. The summed E-state index contributed by atoms with van der Waals surface area (Å²) in [4.78, 5) is 18.5. The van der Waals surface area contributed by atoms with Gasteiger partial charge in [-0.05, 0) is 50.6 Å². The third-order valence-corrected chi connectivity index (χ3v) is 3.97. The average Bonchev–Trinajstić information content (AvgIpc) is 2.60. The molecule has 0 aromatic heterocycles. The summed E-state index contributed by atoms with van der Waals surface area (Å²) in [7, 11) is 5.75. The second-order valence-corrected chi connectivity index (χ2v) is 7.15. The van der Waals surface area contributed by atoms with E-state index in [0.29, 0.717) is 18.7 Å². The predicted octanol–water partition coefficient (Wildman–Crippen LogP) is 2.08. The van der Waals surface area contributed by atoms with Gasteiger partial charge in [-0.1, -0.05) is 26.0 Å². The van der Waals surface area contributed by atoms with Crippen LogP contribution < -0.4 is 16.0 Å². The Bertz CT molecular complexity index is 569. The van der Waals surface area contributed by atoms with E-state index < -0.39 is 0 Å². The fourth-order valence-electron chi connectivity index (χ4n) is 2.44. The van der Waals surface area contributed by atoms with Crippen molar-refractivity contribution in [3.05, 3.63) is 35.4 Å². The third-order valence-electron chi connectivity index (χ3n) is 3.97. The number of benzene rings is 1. The van der Waals surface area contributed by atoms with Gasteiger partial charge < -0.3 is 20.9 Å². The molecule has 0 unspecified atom stereocenters. The highest BCUT2D eigenvalue weighted by Crippen LogP contribution is 2.05. The van der Waals surface area contributed by atoms with E-state index in [1.165, 1.54) is 6.42 Å². The molecule has 0 aliphatic rings. The lowest BCUT2D eigenvalue weighted by Gasteiger charge is -2.13. The van der Waals surface area contributed by atoms with Gasteiger partial charge in [0.25, 0.3) is 5.91 Å². The number of nitrogens with one attached hydrogen (secondary N) is 3. The van der Waals surface area contributed by atoms with Crippen LogP contribution in [0.5, 0.6) is 0 Å². The number of hydrogen-bond donors (Lipinski definition) is 3. The Morgan fingerprint density at radius 1 is 1.15 bits per heavy atom. The molecule has 0 aliphatic carbocycles. The lowest BCUT2D eigenvalue weighted by atomic mass is 10.1. The van der Waals surface area contributed by atoms with Gasteiger partial charge in [0.1, 0.15) is 0 Å². The van der Waals surface area contributed by atoms with Crippen molar-refractivity contribution in [1.82, 2.24) is 20.9 Å². The van der Waals surface area contributed by atoms with Crippen LogP contribution in [0, 0.1) is 5.92 Å². The van der Waals surface area contributed by atoms with E-state index in [1.807, 2.05) is 43.3 Å². The van der Waals surface area contributed by atoms with Gasteiger partial charge in [-0.25, -0.2) is 0 Å². The minimum atomic E-state index is -0.0371. The summed E-state index contributed by atoms with van der Waals surface area (Å²) in [5.74, 6) is 1.47. The Hall–Kier alpha value is -2.08. The molecule has 0 radical (unpaired) electrons. The largest absolute Gasteiger partial charge is 0.356 e. The third kappa shape index (κ3) is 9.42. The average molecular weight is 362 g/mol. The number of amides is 1. The van der Waals surface area contributed by atoms with Gasteiger partial charge in [0, 0.05) is 38.8 Å². The number of nitrogens with zero attached hydrogens (tertiary/aromatic N) is 2. The Morgan fingerprint density at radius 2 is 1.92 bits per heavy atom. The van der Waals surface area contributed by atoms with Crippen molar-refractivity contribution in [2.45, 2.75) is 33.2 Å². The van der Waals surface area contributed by atoms with Crippen LogP contribution in [-0.2, 0) is 6.54 Å². The van der Waals surface area contributed by atoms with Crippen LogP contribution in [0.4, 0.5) is 0 Å². The molecule has 0 atom stereocenters. The maximum atomic E-state index is 12.2. The van der Waals surface area contributed by atoms with Gasteiger partial charge in [0.05, 0.1) is 0 Å². The van der Waals surface area contributed by atoms with E-state index in [4.69, 9.17) is 0 Å². The first-order valence-electron chi connectivity index (χ1n) is 9.38. The van der Waals surface area contributed by atoms with Crippen molar-refractivity contribution < 1.29 is 4.79 Å². The summed E-state index contributed by atoms with van der Waals surface area (Å²) in [6, 6.07) is 7.68. The zero-order chi connectivity index (χ0) is 19.4. The van der Waals surface area contributed by atoms with E-state index in [2.05, 4.69) is 34.8 Å². The van der Waals surface area contributed by atoms with Gasteiger partial charge >= 0.3 is 0 Å². The van der Waals surface area contributed by atoms with E-state index in [1.54, 1.807) is 7.05 Å². The summed E-state index contributed by atoms with van der Waals surface area (Å²) in [5.41, 5.74) is 1.73. The van der Waals surface area contributed by atoms with Crippen molar-refractivity contribution in [1.29, 1.82) is 0 Å². The molecule has 0 bridgehead atoms. The number of guanidine groups is 1. The fraction of sp³-hybridized carbons (Fsp3) is 0.600. The first-order chi connectivity index (χ1) is 12.4. The smallest absolute Gasteiger partial charge is 0.251 e. The number of rotatable bonds is 10. The summed E-state index contributed by atoms with van der Waals surface area (Å²) in [5, 5.41) is 9.56. The summed E-state index contributed by atoms with van der Waals surface area (Å²) >= 11 is 0. The predicted molar refractivity (Wildman–Crippen MR) is 110 cm³/mol. The number of carbonyl (C=O) groups excluding carboxylic acids is 1. The molecule has 6 nitrogen and oxygen atoms in total.